The first-order valence-electron chi connectivity index (χ1n) is 34.5. The van der Waals surface area contributed by atoms with Gasteiger partial charge in [-0.1, -0.05) is 259 Å². The van der Waals surface area contributed by atoms with Gasteiger partial charge in [0.05, 0.1) is 0 Å². The fourth-order valence-electron chi connectivity index (χ4n) is 10.7. The molecular weight excluding hydrogens is 967 g/mol. The van der Waals surface area contributed by atoms with Crippen molar-refractivity contribution in [2.24, 2.45) is 0 Å². The summed E-state index contributed by atoms with van der Waals surface area (Å²) in [4.78, 5) is 58.9. The van der Waals surface area contributed by atoms with Crippen molar-refractivity contribution in [1.82, 2.24) is 36.0 Å². The highest BCUT2D eigenvalue weighted by molar-refractivity contribution is 5.77. The van der Waals surface area contributed by atoms with Gasteiger partial charge in [0.25, 0.3) is 0 Å². The van der Waals surface area contributed by atoms with Crippen molar-refractivity contribution in [1.29, 1.82) is 0 Å². The van der Waals surface area contributed by atoms with Crippen LogP contribution in [0.15, 0.2) is 0 Å². The number of hydrogen-bond donors (Lipinski definition) is 4. The van der Waals surface area contributed by atoms with Crippen LogP contribution in [0.2, 0.25) is 0 Å². The lowest BCUT2D eigenvalue weighted by Gasteiger charge is -2.25. The van der Waals surface area contributed by atoms with Crippen LogP contribution in [0.25, 0.3) is 0 Å². The Morgan fingerprint density at radius 2 is 0.410 bits per heavy atom. The zero-order chi connectivity index (χ0) is 56.9. The molecule has 0 aromatic rings. The van der Waals surface area contributed by atoms with E-state index in [1.54, 1.807) is 0 Å². The van der Waals surface area contributed by atoms with Gasteiger partial charge in [0.1, 0.15) is 0 Å². The molecule has 0 bridgehead atoms. The smallest absolute Gasteiger partial charge is 0.221 e. The van der Waals surface area contributed by atoms with Gasteiger partial charge in [-0.05, 0) is 71.8 Å². The molecule has 0 radical (unpaired) electrons. The lowest BCUT2D eigenvalue weighted by atomic mass is 10.1. The highest BCUT2D eigenvalue weighted by Crippen LogP contribution is 2.14. The first-order valence-corrected chi connectivity index (χ1v) is 34.5. The van der Waals surface area contributed by atoms with Crippen molar-refractivity contribution in [3.63, 3.8) is 0 Å². The lowest BCUT2D eigenvalue weighted by molar-refractivity contribution is -0.123. The van der Waals surface area contributed by atoms with Crippen molar-refractivity contribution in [2.45, 2.75) is 323 Å². The monoisotopic (exact) mass is 1100 g/mol. The molecule has 11 nitrogen and oxygen atoms in total. The summed E-state index contributed by atoms with van der Waals surface area (Å²) in [5.74, 6) is 0.449. The van der Waals surface area contributed by atoms with E-state index in [2.05, 4.69) is 70.7 Å². The molecule has 0 aromatic heterocycles. The van der Waals surface area contributed by atoms with Gasteiger partial charge in [-0.25, -0.2) is 0 Å². The summed E-state index contributed by atoms with van der Waals surface area (Å²) >= 11 is 0. The van der Waals surface area contributed by atoms with E-state index in [0.717, 1.165) is 90.9 Å². The zero-order valence-corrected chi connectivity index (χ0v) is 53.0. The molecule has 0 aliphatic heterocycles. The molecule has 0 aliphatic rings. The molecular formula is C67H135N7O4. The van der Waals surface area contributed by atoms with Crippen molar-refractivity contribution >= 4 is 23.6 Å². The number of rotatable bonds is 64. The summed E-state index contributed by atoms with van der Waals surface area (Å²) in [7, 11) is 2.18. The van der Waals surface area contributed by atoms with E-state index < -0.39 is 0 Å². The fourth-order valence-corrected chi connectivity index (χ4v) is 10.7. The normalized spacial score (nSPS) is 11.6. The first kappa shape index (κ1) is 75.8. The molecule has 0 unspecified atom stereocenters. The minimum absolute atomic E-state index is 0.112. The SMILES string of the molecule is CCCCCCCCCCCCNC(=O)CCN(CCCN(C)CCCN(CCC(=O)NCCCCCCCCCCCC)CCC(=O)NCCCCCCCCCCCC)CCC(=O)NCCCCCCCCCCCC. The Morgan fingerprint density at radius 3 is 0.603 bits per heavy atom. The second kappa shape index (κ2) is 62.4. The molecule has 0 saturated heterocycles. The van der Waals surface area contributed by atoms with E-state index in [1.165, 1.54) is 231 Å². The van der Waals surface area contributed by atoms with Gasteiger partial charge in [-0.15, -0.1) is 0 Å². The van der Waals surface area contributed by atoms with E-state index >= 15 is 0 Å². The van der Waals surface area contributed by atoms with Gasteiger partial charge >= 0.3 is 0 Å². The van der Waals surface area contributed by atoms with Crippen molar-refractivity contribution in [3.8, 4) is 0 Å². The molecule has 0 aromatic carbocycles. The topological polar surface area (TPSA) is 126 Å². The maximum Gasteiger partial charge on any atom is 0.221 e. The maximum absolute atomic E-state index is 13.0. The third-order valence-corrected chi connectivity index (χ3v) is 16.1. The van der Waals surface area contributed by atoms with Gasteiger partial charge in [-0.3, -0.25) is 19.2 Å². The summed E-state index contributed by atoms with van der Waals surface area (Å²) in [6.45, 7) is 18.3. The van der Waals surface area contributed by atoms with E-state index in [4.69, 9.17) is 0 Å². The Hall–Kier alpha value is -2.24. The molecule has 0 fully saturated rings. The molecule has 462 valence electrons. The Balaban J connectivity index is 5.04. The summed E-state index contributed by atoms with van der Waals surface area (Å²) in [6.07, 6.45) is 55.1. The molecule has 4 N–H and O–H groups in total. The molecule has 4 amide bonds. The third-order valence-electron chi connectivity index (χ3n) is 16.1. The number of carbonyl (C=O) groups excluding carboxylic acids is 4. The van der Waals surface area contributed by atoms with Crippen LogP contribution in [-0.2, 0) is 19.2 Å². The average molecular weight is 1100 g/mol. The molecule has 0 heterocycles. The molecule has 0 aliphatic carbocycles. The highest BCUT2D eigenvalue weighted by atomic mass is 16.2. The number of hydrogen-bond acceptors (Lipinski definition) is 7. The molecule has 11 heteroatoms. The molecule has 0 atom stereocenters. The van der Waals surface area contributed by atoms with E-state index in [9.17, 15) is 19.2 Å². The molecule has 0 spiro atoms. The number of unbranched alkanes of at least 4 members (excludes halogenated alkanes) is 36. The van der Waals surface area contributed by atoms with Gasteiger partial charge in [0, 0.05) is 78.0 Å². The largest absolute Gasteiger partial charge is 0.356 e. The standard InChI is InChI=1S/C67H135N7O4/c1-6-10-14-18-22-26-30-34-38-42-52-68-64(75)48-60-73(61-49-65(76)69-53-43-39-35-31-27-23-19-15-11-7-2)58-46-56-72(5)57-47-59-74(62-50-66(77)70-54-44-40-36-32-28-24-20-16-12-8-3)63-51-67(78)71-55-45-41-37-33-29-25-21-17-13-9-4/h6-63H2,1-5H3,(H,68,75)(H,69,76)(H,70,77)(H,71,78). The van der Waals surface area contributed by atoms with Gasteiger partial charge in [0.15, 0.2) is 0 Å². The molecule has 0 rings (SSSR count). The lowest BCUT2D eigenvalue weighted by Crippen LogP contribution is -2.37. The van der Waals surface area contributed by atoms with Crippen LogP contribution < -0.4 is 21.3 Å². The molecule has 0 saturated carbocycles. The van der Waals surface area contributed by atoms with Crippen LogP contribution in [0.1, 0.15) is 323 Å². The number of nitrogens with one attached hydrogen (secondary N) is 4. The Morgan fingerprint density at radius 1 is 0.231 bits per heavy atom. The Bertz CT molecular complexity index is 1110. The Labute approximate surface area is 485 Å². The van der Waals surface area contributed by atoms with E-state index in [0.29, 0.717) is 51.9 Å². The van der Waals surface area contributed by atoms with Crippen LogP contribution in [0.5, 0.6) is 0 Å². The van der Waals surface area contributed by atoms with Crippen LogP contribution in [0.4, 0.5) is 0 Å². The first-order chi connectivity index (χ1) is 38.2. The number of amides is 4. The minimum atomic E-state index is 0.112. The summed E-state index contributed by atoms with van der Waals surface area (Å²) < 4.78 is 0. The Kier molecular flexibility index (Phi) is 60.6. The van der Waals surface area contributed by atoms with Crippen molar-refractivity contribution in [2.75, 3.05) is 85.6 Å². The number of nitrogens with zero attached hydrogens (tertiary/aromatic N) is 3. The number of carbonyl (C=O) groups is 4. The van der Waals surface area contributed by atoms with Crippen LogP contribution in [-0.4, -0.2) is 124 Å². The predicted octanol–water partition coefficient (Wildman–Crippen LogP) is 16.0. The second-order valence-corrected chi connectivity index (χ2v) is 23.8. The quantitative estimate of drug-likeness (QED) is 0.0447. The van der Waals surface area contributed by atoms with Gasteiger partial charge < -0.3 is 36.0 Å². The maximum atomic E-state index is 13.0. The fraction of sp³-hybridized carbons (Fsp3) is 0.940. The van der Waals surface area contributed by atoms with E-state index in [-0.39, 0.29) is 23.6 Å². The van der Waals surface area contributed by atoms with Crippen molar-refractivity contribution in [3.05, 3.63) is 0 Å². The second-order valence-electron chi connectivity index (χ2n) is 23.8. The van der Waals surface area contributed by atoms with Crippen molar-refractivity contribution < 1.29 is 19.2 Å². The summed E-state index contributed by atoms with van der Waals surface area (Å²) in [6, 6.07) is 0. The summed E-state index contributed by atoms with van der Waals surface area (Å²) in [5.41, 5.74) is 0. The van der Waals surface area contributed by atoms with Crippen LogP contribution in [0, 0.1) is 0 Å². The molecule has 78 heavy (non-hydrogen) atoms. The highest BCUT2D eigenvalue weighted by Gasteiger charge is 2.14. The zero-order valence-electron chi connectivity index (χ0n) is 53.0. The minimum Gasteiger partial charge on any atom is -0.356 e. The van der Waals surface area contributed by atoms with Gasteiger partial charge in [0.2, 0.25) is 23.6 Å². The van der Waals surface area contributed by atoms with Gasteiger partial charge in [-0.2, -0.15) is 0 Å². The predicted molar refractivity (Wildman–Crippen MR) is 337 cm³/mol. The third kappa shape index (κ3) is 58.4. The van der Waals surface area contributed by atoms with Crippen LogP contribution in [0.3, 0.4) is 0 Å². The van der Waals surface area contributed by atoms with E-state index in [1.807, 2.05) is 0 Å². The average Bonchev–Trinajstić information content (AvgIpc) is 3.43. The van der Waals surface area contributed by atoms with Crippen LogP contribution >= 0.6 is 0 Å². The summed E-state index contributed by atoms with van der Waals surface area (Å²) in [5, 5.41) is 12.7.